The van der Waals surface area contributed by atoms with Crippen LogP contribution in [0.3, 0.4) is 0 Å². The van der Waals surface area contributed by atoms with Gasteiger partial charge in [0.05, 0.1) is 11.7 Å². The molecule has 1 amide bonds. The maximum Gasteiger partial charge on any atom is 0.255 e. The molecule has 2 aliphatic heterocycles. The second-order valence-electron chi connectivity index (χ2n) is 10.8. The predicted molar refractivity (Wildman–Crippen MR) is 110 cm³/mol. The molecule has 5 rings (SSSR count). The Kier molecular flexibility index (Phi) is 3.91. The Bertz CT molecular complexity index is 893. The van der Waals surface area contributed by atoms with E-state index in [0.29, 0.717) is 23.9 Å². The van der Waals surface area contributed by atoms with Crippen LogP contribution in [0.4, 0.5) is 0 Å². The van der Waals surface area contributed by atoms with Gasteiger partial charge >= 0.3 is 0 Å². The van der Waals surface area contributed by atoms with E-state index in [-0.39, 0.29) is 34.2 Å². The highest BCUT2D eigenvalue weighted by molar-refractivity contribution is 6.02. The van der Waals surface area contributed by atoms with Crippen LogP contribution in [0.25, 0.3) is 0 Å². The highest BCUT2D eigenvalue weighted by Gasteiger charge is 2.67. The molecule has 5 unspecified atom stereocenters. The van der Waals surface area contributed by atoms with E-state index < -0.39 is 0 Å². The SMILES string of the molecule is COC1CC(C)(C)C2CCC(C)C3(C)Cc4cc(O)c5c(c4OC23C1)CNC5=O. The highest BCUT2D eigenvalue weighted by atomic mass is 16.5. The molecule has 2 saturated carbocycles. The predicted octanol–water partition coefficient (Wildman–Crippen LogP) is 4.20. The van der Waals surface area contributed by atoms with Crippen LogP contribution in [0.2, 0.25) is 0 Å². The first-order chi connectivity index (χ1) is 13.6. The lowest BCUT2D eigenvalue weighted by Crippen LogP contribution is -2.70. The monoisotopic (exact) mass is 399 g/mol. The number of hydrogen-bond donors (Lipinski definition) is 2. The van der Waals surface area contributed by atoms with E-state index in [2.05, 4.69) is 33.0 Å². The van der Waals surface area contributed by atoms with E-state index in [0.717, 1.165) is 42.6 Å². The minimum atomic E-state index is -0.323. The van der Waals surface area contributed by atoms with Gasteiger partial charge in [-0.1, -0.05) is 27.7 Å². The molecule has 2 fully saturated rings. The summed E-state index contributed by atoms with van der Waals surface area (Å²) in [5.41, 5.74) is 2.00. The molecule has 5 heteroatoms. The summed E-state index contributed by atoms with van der Waals surface area (Å²) < 4.78 is 13.1. The second kappa shape index (κ2) is 5.90. The van der Waals surface area contributed by atoms with Crippen LogP contribution in [0.5, 0.6) is 11.5 Å². The fraction of sp³-hybridized carbons (Fsp3) is 0.708. The highest BCUT2D eigenvalue weighted by Crippen LogP contribution is 2.66. The van der Waals surface area contributed by atoms with Crippen LogP contribution < -0.4 is 10.1 Å². The Morgan fingerprint density at radius 3 is 2.72 bits per heavy atom. The van der Waals surface area contributed by atoms with Crippen LogP contribution in [-0.4, -0.2) is 29.8 Å². The second-order valence-corrected chi connectivity index (χ2v) is 10.8. The third-order valence-corrected chi connectivity index (χ3v) is 9.00. The molecule has 2 heterocycles. The summed E-state index contributed by atoms with van der Waals surface area (Å²) in [5.74, 6) is 1.65. The standard InChI is InChI=1S/C24H33NO4/c1-13-6-7-18-22(2,3)10-15(28-5)11-24(18)23(13,4)9-14-8-17(26)19-16(20(14)29-24)12-25-21(19)27/h8,13,15,18,26H,6-7,9-12H2,1-5H3,(H,25,27). The first-order valence-corrected chi connectivity index (χ1v) is 11.0. The van der Waals surface area contributed by atoms with Gasteiger partial charge in [-0.25, -0.2) is 0 Å². The van der Waals surface area contributed by atoms with E-state index in [1.807, 2.05) is 7.11 Å². The molecular weight excluding hydrogens is 366 g/mol. The van der Waals surface area contributed by atoms with E-state index in [4.69, 9.17) is 9.47 Å². The first kappa shape index (κ1) is 19.2. The van der Waals surface area contributed by atoms with E-state index in [1.165, 1.54) is 6.42 Å². The largest absolute Gasteiger partial charge is 0.507 e. The molecular formula is C24H33NO4. The number of methoxy groups -OCH3 is 1. The maximum absolute atomic E-state index is 12.3. The fourth-order valence-corrected chi connectivity index (χ4v) is 7.32. The third kappa shape index (κ3) is 2.34. The molecule has 29 heavy (non-hydrogen) atoms. The summed E-state index contributed by atoms with van der Waals surface area (Å²) in [6.45, 7) is 9.90. The zero-order valence-corrected chi connectivity index (χ0v) is 18.2. The molecule has 1 spiro atoms. The third-order valence-electron chi connectivity index (χ3n) is 9.00. The Labute approximate surface area is 173 Å². The lowest BCUT2D eigenvalue weighted by Gasteiger charge is -2.67. The quantitative estimate of drug-likeness (QED) is 0.743. The topological polar surface area (TPSA) is 67.8 Å². The fourth-order valence-electron chi connectivity index (χ4n) is 7.32. The van der Waals surface area contributed by atoms with E-state index in [1.54, 1.807) is 6.07 Å². The lowest BCUT2D eigenvalue weighted by atomic mass is 9.44. The minimum Gasteiger partial charge on any atom is -0.507 e. The van der Waals surface area contributed by atoms with Gasteiger partial charge in [-0.2, -0.15) is 0 Å². The molecule has 0 aromatic heterocycles. The number of hydrogen-bond acceptors (Lipinski definition) is 4. The first-order valence-electron chi connectivity index (χ1n) is 11.0. The molecule has 4 aliphatic rings. The zero-order chi connectivity index (χ0) is 20.8. The molecule has 0 bridgehead atoms. The summed E-state index contributed by atoms with van der Waals surface area (Å²) in [4.78, 5) is 12.3. The molecule has 0 saturated heterocycles. The number of ether oxygens (including phenoxy) is 2. The average molecular weight is 400 g/mol. The van der Waals surface area contributed by atoms with Crippen LogP contribution in [-0.2, 0) is 17.7 Å². The number of carbonyl (C=O) groups excluding carboxylic acids is 1. The van der Waals surface area contributed by atoms with Crippen molar-refractivity contribution in [1.82, 2.24) is 5.32 Å². The summed E-state index contributed by atoms with van der Waals surface area (Å²) >= 11 is 0. The summed E-state index contributed by atoms with van der Waals surface area (Å²) in [7, 11) is 1.82. The van der Waals surface area contributed by atoms with Gasteiger partial charge < -0.3 is 19.9 Å². The Balaban J connectivity index is 1.73. The molecule has 0 radical (unpaired) electrons. The van der Waals surface area contributed by atoms with Gasteiger partial charge in [0.15, 0.2) is 0 Å². The Morgan fingerprint density at radius 2 is 2.00 bits per heavy atom. The van der Waals surface area contributed by atoms with E-state index in [9.17, 15) is 9.90 Å². The number of phenols is 1. The van der Waals surface area contributed by atoms with Crippen molar-refractivity contribution in [3.8, 4) is 11.5 Å². The average Bonchev–Trinajstić information content (AvgIpc) is 3.03. The number of fused-ring (bicyclic) bond motifs is 3. The molecule has 158 valence electrons. The van der Waals surface area contributed by atoms with Crippen LogP contribution in [0, 0.1) is 22.7 Å². The normalized spacial score (nSPS) is 39.5. The van der Waals surface area contributed by atoms with E-state index >= 15 is 0 Å². The lowest BCUT2D eigenvalue weighted by molar-refractivity contribution is -0.233. The molecule has 1 aromatic rings. The van der Waals surface area contributed by atoms with Gasteiger partial charge in [0.25, 0.3) is 5.91 Å². The number of rotatable bonds is 1. The number of aromatic hydroxyl groups is 1. The zero-order valence-electron chi connectivity index (χ0n) is 18.2. The van der Waals surface area contributed by atoms with Crippen LogP contribution >= 0.6 is 0 Å². The summed E-state index contributed by atoms with van der Waals surface area (Å²) in [6.07, 6.45) is 5.31. The van der Waals surface area contributed by atoms with Crippen molar-refractivity contribution in [3.05, 3.63) is 22.8 Å². The van der Waals surface area contributed by atoms with Gasteiger partial charge in [0.2, 0.25) is 0 Å². The number of carbonyl (C=O) groups is 1. The van der Waals surface area contributed by atoms with Crippen molar-refractivity contribution in [2.24, 2.45) is 22.7 Å². The number of phenolic OH excluding ortho intramolecular Hbond substituents is 1. The van der Waals surface area contributed by atoms with Gasteiger partial charge in [-0.3, -0.25) is 4.79 Å². The Hall–Kier alpha value is -1.75. The molecule has 5 atom stereocenters. The van der Waals surface area contributed by atoms with Gasteiger partial charge in [-0.05, 0) is 48.6 Å². The van der Waals surface area contributed by atoms with Crippen molar-refractivity contribution in [3.63, 3.8) is 0 Å². The number of nitrogens with one attached hydrogen (secondary N) is 1. The smallest absolute Gasteiger partial charge is 0.255 e. The van der Waals surface area contributed by atoms with Crippen molar-refractivity contribution in [1.29, 1.82) is 0 Å². The molecule has 2 aliphatic carbocycles. The summed E-state index contributed by atoms with van der Waals surface area (Å²) in [5, 5.41) is 13.4. The number of benzene rings is 1. The summed E-state index contributed by atoms with van der Waals surface area (Å²) in [6, 6.07) is 1.77. The molecule has 5 nitrogen and oxygen atoms in total. The molecule has 2 N–H and O–H groups in total. The van der Waals surface area contributed by atoms with Gasteiger partial charge in [0.1, 0.15) is 17.1 Å². The van der Waals surface area contributed by atoms with Gasteiger partial charge in [-0.15, -0.1) is 0 Å². The van der Waals surface area contributed by atoms with Crippen LogP contribution in [0.1, 0.15) is 74.9 Å². The van der Waals surface area contributed by atoms with Crippen LogP contribution in [0.15, 0.2) is 6.07 Å². The van der Waals surface area contributed by atoms with Crippen molar-refractivity contribution >= 4 is 5.91 Å². The minimum absolute atomic E-state index is 0.0475. The maximum atomic E-state index is 12.3. The van der Waals surface area contributed by atoms with Crippen molar-refractivity contribution in [2.45, 2.75) is 78.0 Å². The van der Waals surface area contributed by atoms with Gasteiger partial charge in [0, 0.05) is 37.0 Å². The number of amides is 1. The molecule has 1 aromatic carbocycles. The van der Waals surface area contributed by atoms with Crippen molar-refractivity contribution < 1.29 is 19.4 Å². The Morgan fingerprint density at radius 1 is 1.24 bits per heavy atom. The van der Waals surface area contributed by atoms with Crippen molar-refractivity contribution in [2.75, 3.05) is 7.11 Å².